The summed E-state index contributed by atoms with van der Waals surface area (Å²) >= 11 is 0. The summed E-state index contributed by atoms with van der Waals surface area (Å²) in [5.74, 6) is 0.0676. The molecular formula is C19H23N5O. The number of benzene rings is 1. The summed E-state index contributed by atoms with van der Waals surface area (Å²) in [6.07, 6.45) is 7.30. The van der Waals surface area contributed by atoms with E-state index in [9.17, 15) is 4.79 Å². The molecule has 0 radical (unpaired) electrons. The van der Waals surface area contributed by atoms with Crippen LogP contribution in [0.1, 0.15) is 42.1 Å². The van der Waals surface area contributed by atoms with E-state index in [0.29, 0.717) is 13.0 Å². The van der Waals surface area contributed by atoms with Gasteiger partial charge in [0.25, 0.3) is 0 Å². The summed E-state index contributed by atoms with van der Waals surface area (Å²) < 4.78 is 3.84. The Morgan fingerprint density at radius 1 is 1.32 bits per heavy atom. The first-order valence-corrected chi connectivity index (χ1v) is 8.85. The number of carbonyl (C=O) groups excluding carboxylic acids is 1. The van der Waals surface area contributed by atoms with E-state index in [1.165, 1.54) is 16.8 Å². The van der Waals surface area contributed by atoms with E-state index in [2.05, 4.69) is 34.6 Å². The van der Waals surface area contributed by atoms with Crippen molar-refractivity contribution >= 4 is 16.8 Å². The van der Waals surface area contributed by atoms with Gasteiger partial charge >= 0.3 is 0 Å². The smallest absolute Gasteiger partial charge is 0.222 e. The van der Waals surface area contributed by atoms with Crippen LogP contribution in [0.2, 0.25) is 0 Å². The fourth-order valence-electron chi connectivity index (χ4n) is 3.76. The first kappa shape index (κ1) is 15.9. The Hall–Kier alpha value is -2.63. The van der Waals surface area contributed by atoms with Gasteiger partial charge in [-0.1, -0.05) is 12.1 Å². The molecule has 1 unspecified atom stereocenters. The van der Waals surface area contributed by atoms with E-state index in [0.717, 1.165) is 30.2 Å². The monoisotopic (exact) mass is 337 g/mol. The molecule has 0 bridgehead atoms. The van der Waals surface area contributed by atoms with Crippen LogP contribution >= 0.6 is 0 Å². The van der Waals surface area contributed by atoms with Crippen LogP contribution in [0.25, 0.3) is 10.9 Å². The lowest BCUT2D eigenvalue weighted by atomic mass is 9.93. The molecule has 25 heavy (non-hydrogen) atoms. The average molecular weight is 337 g/mol. The fraction of sp³-hybridized carbons (Fsp3) is 0.421. The maximum absolute atomic E-state index is 12.4. The van der Waals surface area contributed by atoms with E-state index in [-0.39, 0.29) is 11.9 Å². The molecule has 1 N–H and O–H groups in total. The van der Waals surface area contributed by atoms with Gasteiger partial charge in [-0.15, -0.1) is 0 Å². The van der Waals surface area contributed by atoms with E-state index in [1.807, 2.05) is 34.9 Å². The highest BCUT2D eigenvalue weighted by molar-refractivity contribution is 5.82. The molecule has 6 nitrogen and oxygen atoms in total. The van der Waals surface area contributed by atoms with Crippen molar-refractivity contribution in [2.75, 3.05) is 0 Å². The number of rotatable bonds is 4. The fourth-order valence-corrected chi connectivity index (χ4v) is 3.76. The number of hydrogen-bond donors (Lipinski definition) is 1. The number of nitrogens with zero attached hydrogens (tertiary/aromatic N) is 4. The molecule has 4 rings (SSSR count). The van der Waals surface area contributed by atoms with Crippen LogP contribution in [0.4, 0.5) is 0 Å². The lowest BCUT2D eigenvalue weighted by molar-refractivity contribution is -0.122. The van der Waals surface area contributed by atoms with Crippen LogP contribution < -0.4 is 5.32 Å². The van der Waals surface area contributed by atoms with Gasteiger partial charge in [0, 0.05) is 30.1 Å². The maximum atomic E-state index is 12.4. The van der Waals surface area contributed by atoms with Gasteiger partial charge in [0.05, 0.1) is 30.5 Å². The third-order valence-electron chi connectivity index (χ3n) is 5.17. The van der Waals surface area contributed by atoms with Crippen LogP contribution in [0.15, 0.2) is 30.6 Å². The number of fused-ring (bicyclic) bond motifs is 2. The zero-order chi connectivity index (χ0) is 17.4. The van der Waals surface area contributed by atoms with Crippen molar-refractivity contribution in [3.05, 3.63) is 47.4 Å². The minimum absolute atomic E-state index is 0.0676. The molecular weight excluding hydrogens is 314 g/mol. The Bertz CT molecular complexity index is 923. The second-order valence-corrected chi connectivity index (χ2v) is 6.81. The Kier molecular flexibility index (Phi) is 4.03. The van der Waals surface area contributed by atoms with Gasteiger partial charge in [0.1, 0.15) is 0 Å². The number of aryl methyl sites for hydroxylation is 3. The highest BCUT2D eigenvalue weighted by atomic mass is 16.1. The number of amides is 1. The van der Waals surface area contributed by atoms with Crippen molar-refractivity contribution in [3.63, 3.8) is 0 Å². The van der Waals surface area contributed by atoms with Gasteiger partial charge in [-0.05, 0) is 37.8 Å². The Morgan fingerprint density at radius 3 is 3.08 bits per heavy atom. The van der Waals surface area contributed by atoms with Crippen LogP contribution in [0.3, 0.4) is 0 Å². The molecule has 0 spiro atoms. The van der Waals surface area contributed by atoms with Crippen molar-refractivity contribution in [1.29, 1.82) is 0 Å². The first-order chi connectivity index (χ1) is 12.1. The zero-order valence-electron chi connectivity index (χ0n) is 14.7. The van der Waals surface area contributed by atoms with Crippen molar-refractivity contribution in [2.24, 2.45) is 7.05 Å². The number of aromatic nitrogens is 4. The summed E-state index contributed by atoms with van der Waals surface area (Å²) in [5.41, 5.74) is 4.70. The zero-order valence-corrected chi connectivity index (χ0v) is 14.7. The minimum Gasteiger partial charge on any atom is -0.349 e. The van der Waals surface area contributed by atoms with Crippen molar-refractivity contribution < 1.29 is 4.79 Å². The molecule has 0 aliphatic heterocycles. The van der Waals surface area contributed by atoms with E-state index < -0.39 is 0 Å². The normalized spacial score (nSPS) is 16.8. The minimum atomic E-state index is 0.0676. The van der Waals surface area contributed by atoms with Gasteiger partial charge in [-0.3, -0.25) is 14.2 Å². The molecule has 3 aromatic rings. The molecule has 1 amide bonds. The molecule has 130 valence electrons. The summed E-state index contributed by atoms with van der Waals surface area (Å²) in [6.45, 7) is 2.67. The quantitative estimate of drug-likeness (QED) is 0.796. The summed E-state index contributed by atoms with van der Waals surface area (Å²) in [6, 6.07) is 6.25. The second-order valence-electron chi connectivity index (χ2n) is 6.81. The van der Waals surface area contributed by atoms with Crippen molar-refractivity contribution in [3.8, 4) is 0 Å². The lowest BCUT2D eigenvalue weighted by Gasteiger charge is -2.23. The predicted molar refractivity (Wildman–Crippen MR) is 96.1 cm³/mol. The van der Waals surface area contributed by atoms with Crippen LogP contribution in [-0.4, -0.2) is 25.5 Å². The lowest BCUT2D eigenvalue weighted by Crippen LogP contribution is -2.31. The molecule has 1 aromatic carbocycles. The molecule has 2 aromatic heterocycles. The van der Waals surface area contributed by atoms with Gasteiger partial charge in [0.2, 0.25) is 5.91 Å². The highest BCUT2D eigenvalue weighted by Crippen LogP contribution is 2.29. The Balaban J connectivity index is 1.42. The third-order valence-corrected chi connectivity index (χ3v) is 5.17. The molecule has 0 saturated carbocycles. The molecule has 2 heterocycles. The predicted octanol–water partition coefficient (Wildman–Crippen LogP) is 2.66. The number of nitrogens with one attached hydrogen (secondary N) is 1. The average Bonchev–Trinajstić information content (AvgIpc) is 3.19. The second kappa shape index (κ2) is 6.35. The molecule has 1 aliphatic carbocycles. The number of hydrogen-bond acceptors (Lipinski definition) is 3. The van der Waals surface area contributed by atoms with Crippen LogP contribution in [0.5, 0.6) is 0 Å². The molecule has 1 aliphatic rings. The van der Waals surface area contributed by atoms with Crippen molar-refractivity contribution in [2.45, 2.75) is 45.2 Å². The van der Waals surface area contributed by atoms with Crippen molar-refractivity contribution in [1.82, 2.24) is 24.9 Å². The van der Waals surface area contributed by atoms with E-state index >= 15 is 0 Å². The number of carbonyl (C=O) groups is 1. The topological polar surface area (TPSA) is 64.7 Å². The molecule has 0 saturated heterocycles. The molecule has 6 heteroatoms. The van der Waals surface area contributed by atoms with Crippen LogP contribution in [-0.2, 0) is 24.8 Å². The van der Waals surface area contributed by atoms with Gasteiger partial charge in [-0.25, -0.2) is 0 Å². The Morgan fingerprint density at radius 2 is 2.20 bits per heavy atom. The standard InChI is InChI=1S/C19H23N5O/c1-13-5-3-8-18-14(13)11-21-24(18)10-9-19(25)22-16-6-4-7-17-15(16)12-20-23(17)2/h3,5,8,11-12,16H,4,6-7,9-10H2,1-2H3,(H,22,25). The Labute approximate surface area is 146 Å². The third kappa shape index (κ3) is 2.92. The van der Waals surface area contributed by atoms with Crippen LogP contribution in [0, 0.1) is 6.92 Å². The SMILES string of the molecule is Cc1cccc2c1cnn2CCC(=O)NC1CCCc2c1cnn2C. The van der Waals surface area contributed by atoms with E-state index in [1.54, 1.807) is 0 Å². The van der Waals surface area contributed by atoms with Gasteiger partial charge < -0.3 is 5.32 Å². The summed E-state index contributed by atoms with van der Waals surface area (Å²) in [4.78, 5) is 12.4. The summed E-state index contributed by atoms with van der Waals surface area (Å²) in [7, 11) is 1.97. The van der Waals surface area contributed by atoms with Gasteiger partial charge in [0.15, 0.2) is 0 Å². The maximum Gasteiger partial charge on any atom is 0.222 e. The van der Waals surface area contributed by atoms with E-state index in [4.69, 9.17) is 0 Å². The van der Waals surface area contributed by atoms with Gasteiger partial charge in [-0.2, -0.15) is 10.2 Å². The largest absolute Gasteiger partial charge is 0.349 e. The summed E-state index contributed by atoms with van der Waals surface area (Å²) in [5, 5.41) is 13.1. The highest BCUT2D eigenvalue weighted by Gasteiger charge is 2.24. The first-order valence-electron chi connectivity index (χ1n) is 8.85. The molecule has 0 fully saturated rings. The molecule has 1 atom stereocenters.